The van der Waals surface area contributed by atoms with Gasteiger partial charge in [0.15, 0.2) is 0 Å². The van der Waals surface area contributed by atoms with Crippen LogP contribution >= 0.6 is 0 Å². The fourth-order valence-corrected chi connectivity index (χ4v) is 13.8. The van der Waals surface area contributed by atoms with Gasteiger partial charge in [-0.2, -0.15) is 0 Å². The number of carboxylic acid groups (broad SMARTS) is 1. The van der Waals surface area contributed by atoms with Gasteiger partial charge in [0.05, 0.1) is 11.0 Å². The van der Waals surface area contributed by atoms with Gasteiger partial charge in [-0.05, 0) is 158 Å². The van der Waals surface area contributed by atoms with Crippen molar-refractivity contribution in [2.45, 2.75) is 119 Å². The zero-order valence-electron chi connectivity index (χ0n) is 29.9. The van der Waals surface area contributed by atoms with Crippen LogP contribution in [0, 0.1) is 62.6 Å². The van der Waals surface area contributed by atoms with Crippen LogP contribution in [0.15, 0.2) is 30.3 Å². The fourth-order valence-electron chi connectivity index (χ4n) is 13.8. The number of allylic oxidation sites excluding steroid dienone is 2. The lowest BCUT2D eigenvalue weighted by atomic mass is 9.31. The van der Waals surface area contributed by atoms with E-state index in [-0.39, 0.29) is 27.1 Å². The van der Waals surface area contributed by atoms with Crippen molar-refractivity contribution in [2.24, 2.45) is 68.3 Å². The van der Waals surface area contributed by atoms with Crippen molar-refractivity contribution in [1.82, 2.24) is 5.32 Å². The minimum Gasteiger partial charge on any atom is -0.478 e. The van der Waals surface area contributed by atoms with Crippen LogP contribution in [0.1, 0.15) is 135 Å². The van der Waals surface area contributed by atoms with E-state index >= 15 is 0 Å². The SMILES string of the molecule is CCC12CCC3(C(=O)NCCCN)CCC(C(C)C)C3C1CCC1C3(C)CC=C(c4ccc(C(=O)O)cc4)C(C)(C)C3CCC12C. The molecule has 6 rings (SSSR count). The molecule has 9 unspecified atom stereocenters. The van der Waals surface area contributed by atoms with E-state index in [9.17, 15) is 14.7 Å². The molecule has 0 aromatic heterocycles. The number of carbonyl (C=O) groups excluding carboxylic acids is 1. The topological polar surface area (TPSA) is 92.4 Å². The molecular weight excluding hydrogens is 568 g/mol. The van der Waals surface area contributed by atoms with E-state index in [1.165, 1.54) is 56.1 Å². The summed E-state index contributed by atoms with van der Waals surface area (Å²) in [5, 5.41) is 12.9. The average Bonchev–Trinajstić information content (AvgIpc) is 3.42. The Morgan fingerprint density at radius 2 is 1.67 bits per heavy atom. The summed E-state index contributed by atoms with van der Waals surface area (Å²) in [7, 11) is 0. The summed E-state index contributed by atoms with van der Waals surface area (Å²) in [6.07, 6.45) is 15.2. The quantitative estimate of drug-likeness (QED) is 0.250. The lowest BCUT2D eigenvalue weighted by Crippen LogP contribution is -2.67. The van der Waals surface area contributed by atoms with Gasteiger partial charge >= 0.3 is 5.97 Å². The normalized spacial score (nSPS) is 41.1. The molecule has 4 fully saturated rings. The molecule has 0 heterocycles. The third-order valence-corrected chi connectivity index (χ3v) is 15.8. The lowest BCUT2D eigenvalue weighted by Gasteiger charge is -2.73. The molecule has 0 spiro atoms. The second-order valence-electron chi connectivity index (χ2n) is 17.7. The van der Waals surface area contributed by atoms with Crippen molar-refractivity contribution in [3.8, 4) is 0 Å². The number of amides is 1. The zero-order valence-corrected chi connectivity index (χ0v) is 29.9. The molecule has 4 saturated carbocycles. The highest BCUT2D eigenvalue weighted by molar-refractivity contribution is 5.88. The Kier molecular flexibility index (Phi) is 8.64. The van der Waals surface area contributed by atoms with Gasteiger partial charge in [0.1, 0.15) is 0 Å². The molecule has 0 bridgehead atoms. The van der Waals surface area contributed by atoms with Crippen LogP contribution in [0.25, 0.3) is 5.57 Å². The summed E-state index contributed by atoms with van der Waals surface area (Å²) < 4.78 is 0. The summed E-state index contributed by atoms with van der Waals surface area (Å²) in [6.45, 7) is 18.9. The monoisotopic (exact) mass is 630 g/mol. The van der Waals surface area contributed by atoms with Crippen molar-refractivity contribution in [2.75, 3.05) is 13.1 Å². The molecule has 5 heteroatoms. The first-order valence-electron chi connectivity index (χ1n) is 18.8. The number of aromatic carboxylic acids is 1. The second kappa shape index (κ2) is 11.8. The second-order valence-corrected chi connectivity index (χ2v) is 17.7. The van der Waals surface area contributed by atoms with Crippen molar-refractivity contribution < 1.29 is 14.7 Å². The molecule has 5 aliphatic rings. The molecule has 5 nitrogen and oxygen atoms in total. The van der Waals surface area contributed by atoms with E-state index in [0.29, 0.717) is 60.1 Å². The maximum absolute atomic E-state index is 14.2. The Labute approximate surface area is 278 Å². The van der Waals surface area contributed by atoms with Gasteiger partial charge in [-0.3, -0.25) is 4.79 Å². The molecule has 5 aliphatic carbocycles. The van der Waals surface area contributed by atoms with Gasteiger partial charge in [0.25, 0.3) is 0 Å². The average molecular weight is 631 g/mol. The lowest BCUT2D eigenvalue weighted by molar-refractivity contribution is -0.235. The highest BCUT2D eigenvalue weighted by atomic mass is 16.4. The number of hydrogen-bond acceptors (Lipinski definition) is 3. The number of carboxylic acids is 1. The van der Waals surface area contributed by atoms with E-state index in [0.717, 1.165) is 25.7 Å². The van der Waals surface area contributed by atoms with Gasteiger partial charge in [-0.15, -0.1) is 0 Å². The first-order chi connectivity index (χ1) is 21.7. The fraction of sp³-hybridized carbons (Fsp3) is 0.756. The van der Waals surface area contributed by atoms with Crippen LogP contribution < -0.4 is 11.1 Å². The Balaban J connectivity index is 1.36. The van der Waals surface area contributed by atoms with Crippen molar-refractivity contribution in [1.29, 1.82) is 0 Å². The van der Waals surface area contributed by atoms with E-state index in [4.69, 9.17) is 5.73 Å². The number of benzene rings is 1. The highest BCUT2D eigenvalue weighted by Gasteiger charge is 2.72. The zero-order chi connectivity index (χ0) is 33.3. The van der Waals surface area contributed by atoms with Gasteiger partial charge in [0, 0.05) is 6.54 Å². The number of hydrogen-bond donors (Lipinski definition) is 3. The number of nitrogens with one attached hydrogen (secondary N) is 1. The van der Waals surface area contributed by atoms with Gasteiger partial charge in [-0.1, -0.05) is 66.7 Å². The number of rotatable bonds is 8. The first kappa shape index (κ1) is 33.7. The summed E-state index contributed by atoms with van der Waals surface area (Å²) in [6, 6.07) is 7.58. The van der Waals surface area contributed by atoms with Crippen LogP contribution in [0.4, 0.5) is 0 Å². The van der Waals surface area contributed by atoms with Crippen LogP contribution in [-0.2, 0) is 4.79 Å². The Morgan fingerprint density at radius 3 is 2.30 bits per heavy atom. The molecule has 254 valence electrons. The third kappa shape index (κ3) is 4.63. The Bertz CT molecular complexity index is 1360. The van der Waals surface area contributed by atoms with E-state index in [1.807, 2.05) is 12.1 Å². The van der Waals surface area contributed by atoms with Crippen LogP contribution in [0.2, 0.25) is 0 Å². The Hall–Kier alpha value is -2.14. The summed E-state index contributed by atoms with van der Waals surface area (Å²) >= 11 is 0. The molecule has 1 aromatic carbocycles. The predicted molar refractivity (Wildman–Crippen MR) is 187 cm³/mol. The molecule has 46 heavy (non-hydrogen) atoms. The smallest absolute Gasteiger partial charge is 0.335 e. The molecule has 1 amide bonds. The maximum Gasteiger partial charge on any atom is 0.335 e. The van der Waals surface area contributed by atoms with Gasteiger partial charge in [-0.25, -0.2) is 4.79 Å². The standard InChI is InChI=1S/C41H62N2O3/c1-8-41-23-22-40(36(46)43-25-9-24-42)21-16-29(26(2)3)34(40)31(41)14-15-33-38(6)19-17-30(27-10-12-28(13-11-27)35(44)45)37(4,5)32(38)18-20-39(33,41)7/h10-13,17,26,29,31-34H,8-9,14-16,18-25,42H2,1-7H3,(H,43,46)(H,44,45). The minimum atomic E-state index is -0.868. The maximum atomic E-state index is 14.2. The Morgan fingerprint density at radius 1 is 0.957 bits per heavy atom. The summed E-state index contributed by atoms with van der Waals surface area (Å²) in [5.74, 6) is 3.01. The van der Waals surface area contributed by atoms with Crippen molar-refractivity contribution >= 4 is 17.4 Å². The third-order valence-electron chi connectivity index (χ3n) is 15.8. The number of nitrogens with two attached hydrogens (primary N) is 1. The van der Waals surface area contributed by atoms with E-state index in [2.05, 4.69) is 59.9 Å². The predicted octanol–water partition coefficient (Wildman–Crippen LogP) is 8.97. The molecular formula is C41H62N2O3. The van der Waals surface area contributed by atoms with E-state index in [1.54, 1.807) is 12.1 Å². The van der Waals surface area contributed by atoms with E-state index < -0.39 is 5.97 Å². The number of fused-ring (bicyclic) bond motifs is 7. The number of carbonyl (C=O) groups is 2. The molecule has 0 aliphatic heterocycles. The van der Waals surface area contributed by atoms with Gasteiger partial charge < -0.3 is 16.2 Å². The van der Waals surface area contributed by atoms with Crippen LogP contribution in [-0.4, -0.2) is 30.1 Å². The van der Waals surface area contributed by atoms with Crippen molar-refractivity contribution in [3.63, 3.8) is 0 Å². The molecule has 0 radical (unpaired) electrons. The van der Waals surface area contributed by atoms with Crippen molar-refractivity contribution in [3.05, 3.63) is 41.5 Å². The molecule has 9 atom stereocenters. The highest BCUT2D eigenvalue weighted by Crippen LogP contribution is 2.78. The molecule has 4 N–H and O–H groups in total. The first-order valence-corrected chi connectivity index (χ1v) is 18.8. The van der Waals surface area contributed by atoms with Crippen LogP contribution in [0.3, 0.4) is 0 Å². The summed E-state index contributed by atoms with van der Waals surface area (Å²) in [5.41, 5.74) is 9.27. The van der Waals surface area contributed by atoms with Crippen LogP contribution in [0.5, 0.6) is 0 Å². The summed E-state index contributed by atoms with van der Waals surface area (Å²) in [4.78, 5) is 25.7. The minimum absolute atomic E-state index is 0.00677. The molecule has 0 saturated heterocycles. The molecule has 1 aromatic rings. The largest absolute Gasteiger partial charge is 0.478 e. The van der Waals surface area contributed by atoms with Gasteiger partial charge in [0.2, 0.25) is 5.91 Å².